The summed E-state index contributed by atoms with van der Waals surface area (Å²) in [4.78, 5) is 29.8. The lowest BCUT2D eigenvalue weighted by Gasteiger charge is -2.21. The minimum absolute atomic E-state index is 0.342. The second kappa shape index (κ2) is 5.42. The maximum absolute atomic E-state index is 11.4. The summed E-state index contributed by atoms with van der Waals surface area (Å²) in [7, 11) is -4.48. The third-order valence-corrected chi connectivity index (χ3v) is 3.24. The van der Waals surface area contributed by atoms with Crippen LogP contribution in [0, 0.1) is 0 Å². The van der Waals surface area contributed by atoms with Gasteiger partial charge in [-0.05, 0) is 12.5 Å². The number of nitrogens with one attached hydrogen (secondary N) is 1. The normalized spacial score (nSPS) is 15.1. The highest BCUT2D eigenvalue weighted by molar-refractivity contribution is 7.52. The van der Waals surface area contributed by atoms with E-state index in [2.05, 4.69) is 5.32 Å². The van der Waals surface area contributed by atoms with Crippen LogP contribution in [-0.4, -0.2) is 21.7 Å². The maximum Gasteiger partial charge on any atom is 0.352 e. The Bertz CT molecular complexity index is 429. The average Bonchev–Trinajstić information content (AvgIpc) is 2.25. The van der Waals surface area contributed by atoms with E-state index in [0.717, 1.165) is 0 Å². The molecule has 0 aromatic heterocycles. The summed E-state index contributed by atoms with van der Waals surface area (Å²) in [6, 6.07) is 7.23. The van der Waals surface area contributed by atoms with E-state index in [1.165, 1.54) is 19.1 Å². The van der Waals surface area contributed by atoms with Gasteiger partial charge in [-0.15, -0.1) is 0 Å². The van der Waals surface area contributed by atoms with Gasteiger partial charge in [-0.3, -0.25) is 9.36 Å². The largest absolute Gasteiger partial charge is 0.352 e. The highest BCUT2D eigenvalue weighted by atomic mass is 31.2. The molecule has 0 aliphatic rings. The van der Waals surface area contributed by atoms with E-state index in [4.69, 9.17) is 5.73 Å². The van der Waals surface area contributed by atoms with Crippen molar-refractivity contribution in [3.63, 3.8) is 0 Å². The number of carbonyl (C=O) groups excluding carboxylic acids is 1. The zero-order chi connectivity index (χ0) is 13.1. The average molecular weight is 258 g/mol. The molecule has 1 amide bonds. The van der Waals surface area contributed by atoms with Crippen LogP contribution in [0.4, 0.5) is 0 Å². The van der Waals surface area contributed by atoms with Crippen molar-refractivity contribution in [2.75, 3.05) is 0 Å². The molecule has 0 fully saturated rings. The fraction of sp³-hybridized carbons (Fsp3) is 0.300. The van der Waals surface area contributed by atoms with Crippen molar-refractivity contribution in [1.82, 2.24) is 5.32 Å². The van der Waals surface area contributed by atoms with Gasteiger partial charge in [-0.2, -0.15) is 0 Å². The lowest BCUT2D eigenvalue weighted by molar-refractivity contribution is -0.122. The quantitative estimate of drug-likeness (QED) is 0.581. The molecule has 0 aliphatic heterocycles. The molecule has 0 heterocycles. The Labute approximate surface area is 99.0 Å². The number of benzene rings is 1. The molecule has 1 aromatic rings. The molecule has 0 unspecified atom stereocenters. The first kappa shape index (κ1) is 13.9. The van der Waals surface area contributed by atoms with E-state index in [-0.39, 0.29) is 0 Å². The number of carbonyl (C=O) groups is 1. The highest BCUT2D eigenvalue weighted by Crippen LogP contribution is 2.49. The van der Waals surface area contributed by atoms with Gasteiger partial charge in [0.15, 0.2) is 5.78 Å². The van der Waals surface area contributed by atoms with Gasteiger partial charge in [0.25, 0.3) is 0 Å². The minimum atomic E-state index is -4.48. The first-order chi connectivity index (χ1) is 7.82. The van der Waals surface area contributed by atoms with Gasteiger partial charge in [0, 0.05) is 0 Å². The molecular weight excluding hydrogens is 243 g/mol. The zero-order valence-corrected chi connectivity index (χ0v) is 10.2. The van der Waals surface area contributed by atoms with Gasteiger partial charge < -0.3 is 20.8 Å². The molecule has 0 saturated heterocycles. The summed E-state index contributed by atoms with van der Waals surface area (Å²) in [5, 5.41) is 2.25. The summed E-state index contributed by atoms with van der Waals surface area (Å²) in [6.07, 6.45) is 0. The number of hydrogen-bond acceptors (Lipinski definition) is 3. The number of hydrogen-bond donors (Lipinski definition) is 4. The van der Waals surface area contributed by atoms with E-state index >= 15 is 0 Å². The SMILES string of the molecule is C[C@H](N)C(=O)N[C@@H](c1ccccc1)P(=O)(O)O. The molecule has 94 valence electrons. The van der Waals surface area contributed by atoms with Crippen LogP contribution < -0.4 is 11.1 Å². The van der Waals surface area contributed by atoms with E-state index in [0.29, 0.717) is 5.56 Å². The fourth-order valence-corrected chi connectivity index (χ4v) is 2.12. The molecule has 0 aliphatic carbocycles. The van der Waals surface area contributed by atoms with Gasteiger partial charge in [-0.1, -0.05) is 30.3 Å². The summed E-state index contributed by atoms with van der Waals surface area (Å²) < 4.78 is 11.3. The molecule has 6 nitrogen and oxygen atoms in total. The van der Waals surface area contributed by atoms with Gasteiger partial charge in [-0.25, -0.2) is 0 Å². The molecule has 1 aromatic carbocycles. The predicted molar refractivity (Wildman–Crippen MR) is 63.0 cm³/mol. The van der Waals surface area contributed by atoms with Crippen molar-refractivity contribution < 1.29 is 19.1 Å². The summed E-state index contributed by atoms with van der Waals surface area (Å²) >= 11 is 0. The highest BCUT2D eigenvalue weighted by Gasteiger charge is 2.32. The Hall–Kier alpha value is -1.20. The zero-order valence-electron chi connectivity index (χ0n) is 9.28. The van der Waals surface area contributed by atoms with Crippen LogP contribution in [0.5, 0.6) is 0 Å². The van der Waals surface area contributed by atoms with Crippen LogP contribution in [0.1, 0.15) is 18.3 Å². The molecule has 0 spiro atoms. The Morgan fingerprint density at radius 3 is 2.29 bits per heavy atom. The molecule has 0 radical (unpaired) electrons. The van der Waals surface area contributed by atoms with Crippen LogP contribution in [0.3, 0.4) is 0 Å². The molecular formula is C10H15N2O4P. The van der Waals surface area contributed by atoms with E-state index < -0.39 is 25.3 Å². The second-order valence-corrected chi connectivity index (χ2v) is 5.39. The first-order valence-electron chi connectivity index (χ1n) is 4.98. The van der Waals surface area contributed by atoms with Gasteiger partial charge in [0.1, 0.15) is 0 Å². The fourth-order valence-electron chi connectivity index (χ4n) is 1.26. The van der Waals surface area contributed by atoms with Crippen LogP contribution in [0.2, 0.25) is 0 Å². The third kappa shape index (κ3) is 3.94. The van der Waals surface area contributed by atoms with Crippen molar-refractivity contribution in [2.24, 2.45) is 5.73 Å². The molecule has 7 heteroatoms. The minimum Gasteiger partial charge on any atom is -0.337 e. The summed E-state index contributed by atoms with van der Waals surface area (Å²) in [5.41, 5.74) is 5.68. The molecule has 0 saturated carbocycles. The van der Waals surface area contributed by atoms with Gasteiger partial charge >= 0.3 is 7.60 Å². The van der Waals surface area contributed by atoms with E-state index in [9.17, 15) is 19.1 Å². The second-order valence-electron chi connectivity index (χ2n) is 3.70. The smallest absolute Gasteiger partial charge is 0.337 e. The van der Waals surface area contributed by atoms with Crippen LogP contribution in [0.25, 0.3) is 0 Å². The molecule has 1 rings (SSSR count). The maximum atomic E-state index is 11.4. The van der Waals surface area contributed by atoms with Crippen molar-refractivity contribution in [3.05, 3.63) is 35.9 Å². The van der Waals surface area contributed by atoms with E-state index in [1.807, 2.05) is 0 Å². The summed E-state index contributed by atoms with van der Waals surface area (Å²) in [5.74, 6) is -1.97. The van der Waals surface area contributed by atoms with E-state index in [1.54, 1.807) is 18.2 Å². The number of rotatable bonds is 4. The Morgan fingerprint density at radius 2 is 1.88 bits per heavy atom. The monoisotopic (exact) mass is 258 g/mol. The van der Waals surface area contributed by atoms with Crippen molar-refractivity contribution >= 4 is 13.5 Å². The lowest BCUT2D eigenvalue weighted by atomic mass is 10.2. The Morgan fingerprint density at radius 1 is 1.35 bits per heavy atom. The Balaban J connectivity index is 2.99. The molecule has 2 atom stereocenters. The van der Waals surface area contributed by atoms with Crippen LogP contribution in [-0.2, 0) is 9.36 Å². The number of amides is 1. The van der Waals surface area contributed by atoms with Crippen molar-refractivity contribution in [2.45, 2.75) is 18.7 Å². The standard InChI is InChI=1S/C10H15N2O4P/c1-7(11)9(13)12-10(17(14,15)16)8-5-3-2-4-6-8/h2-7,10H,11H2,1H3,(H,12,13)(H2,14,15,16)/t7-,10+/m0/s1. The van der Waals surface area contributed by atoms with Crippen LogP contribution >= 0.6 is 7.60 Å². The van der Waals surface area contributed by atoms with Crippen molar-refractivity contribution in [1.29, 1.82) is 0 Å². The number of nitrogens with two attached hydrogens (primary N) is 1. The summed E-state index contributed by atoms with van der Waals surface area (Å²) in [6.45, 7) is 1.44. The predicted octanol–water partition coefficient (Wildman–Crippen LogP) is 0.326. The Kier molecular flexibility index (Phi) is 4.42. The first-order valence-corrected chi connectivity index (χ1v) is 6.66. The van der Waals surface area contributed by atoms with Crippen LogP contribution in [0.15, 0.2) is 30.3 Å². The third-order valence-electron chi connectivity index (χ3n) is 2.14. The van der Waals surface area contributed by atoms with Gasteiger partial charge in [0.2, 0.25) is 5.91 Å². The van der Waals surface area contributed by atoms with Gasteiger partial charge in [0.05, 0.1) is 6.04 Å². The molecule has 17 heavy (non-hydrogen) atoms. The topological polar surface area (TPSA) is 113 Å². The molecule has 0 bridgehead atoms. The molecule has 5 N–H and O–H groups in total. The van der Waals surface area contributed by atoms with Crippen molar-refractivity contribution in [3.8, 4) is 0 Å². The lowest BCUT2D eigenvalue weighted by Crippen LogP contribution is -2.40.